The van der Waals surface area contributed by atoms with Crippen molar-refractivity contribution in [3.05, 3.63) is 113 Å². The summed E-state index contributed by atoms with van der Waals surface area (Å²) < 4.78 is 0. The van der Waals surface area contributed by atoms with Gasteiger partial charge in [0.05, 0.1) is 11.1 Å². The van der Waals surface area contributed by atoms with Gasteiger partial charge in [-0.15, -0.1) is 0 Å². The molecule has 32 heavy (non-hydrogen) atoms. The summed E-state index contributed by atoms with van der Waals surface area (Å²) in [5.41, 5.74) is 3.06. The van der Waals surface area contributed by atoms with E-state index in [1.165, 1.54) is 0 Å². The number of hydrogen-bond acceptors (Lipinski definition) is 5. The second-order valence-electron chi connectivity index (χ2n) is 7.14. The van der Waals surface area contributed by atoms with E-state index in [1.807, 2.05) is 66.7 Å². The molecule has 0 saturated heterocycles. The highest BCUT2D eigenvalue weighted by atomic mass is 35.5. The summed E-state index contributed by atoms with van der Waals surface area (Å²) in [4.78, 5) is 27.1. The number of fused-ring (bicyclic) bond motifs is 1. The summed E-state index contributed by atoms with van der Waals surface area (Å²) in [6, 6.07) is 27.7. The van der Waals surface area contributed by atoms with Crippen LogP contribution in [0, 0.1) is 0 Å². The second kappa shape index (κ2) is 8.57. The first-order valence-electron chi connectivity index (χ1n) is 10.0. The second-order valence-corrected chi connectivity index (χ2v) is 7.58. The van der Waals surface area contributed by atoms with Crippen molar-refractivity contribution in [1.29, 1.82) is 0 Å². The fourth-order valence-corrected chi connectivity index (χ4v) is 3.59. The Kier molecular flexibility index (Phi) is 5.32. The van der Waals surface area contributed by atoms with E-state index in [0.29, 0.717) is 33.5 Å². The molecule has 1 N–H and O–H groups in total. The molecule has 154 valence electrons. The third-order valence-electron chi connectivity index (χ3n) is 5.01. The molecule has 5 rings (SSSR count). The Hall–Kier alpha value is -4.09. The van der Waals surface area contributed by atoms with Gasteiger partial charge in [-0.3, -0.25) is 9.78 Å². The maximum absolute atomic E-state index is 13.2. The Morgan fingerprint density at radius 3 is 2.34 bits per heavy atom. The molecule has 5 nitrogen and oxygen atoms in total. The molecule has 3 aromatic carbocycles. The Balaban J connectivity index is 1.64. The van der Waals surface area contributed by atoms with Gasteiger partial charge < -0.3 is 5.32 Å². The monoisotopic (exact) mass is 436 g/mol. The predicted molar refractivity (Wildman–Crippen MR) is 127 cm³/mol. The number of aromatic nitrogens is 3. The van der Waals surface area contributed by atoms with Crippen LogP contribution in [-0.2, 0) is 0 Å². The lowest BCUT2D eigenvalue weighted by Crippen LogP contribution is -2.07. The van der Waals surface area contributed by atoms with Gasteiger partial charge in [-0.1, -0.05) is 54.1 Å². The van der Waals surface area contributed by atoms with Crippen LogP contribution in [0.1, 0.15) is 15.9 Å². The number of rotatable bonds is 5. The highest BCUT2D eigenvalue weighted by Crippen LogP contribution is 2.29. The van der Waals surface area contributed by atoms with Gasteiger partial charge in [0.1, 0.15) is 11.5 Å². The molecule has 2 aromatic heterocycles. The van der Waals surface area contributed by atoms with E-state index < -0.39 is 0 Å². The molecule has 0 aliphatic heterocycles. The van der Waals surface area contributed by atoms with Crippen molar-refractivity contribution in [2.75, 3.05) is 5.32 Å². The van der Waals surface area contributed by atoms with Crippen LogP contribution < -0.4 is 5.32 Å². The zero-order valence-electron chi connectivity index (χ0n) is 16.9. The third-order valence-corrected chi connectivity index (χ3v) is 5.26. The molecule has 0 bridgehead atoms. The zero-order chi connectivity index (χ0) is 21.9. The van der Waals surface area contributed by atoms with E-state index in [-0.39, 0.29) is 5.78 Å². The van der Waals surface area contributed by atoms with Gasteiger partial charge in [-0.05, 0) is 48.5 Å². The number of halogens is 1. The largest absolute Gasteiger partial charge is 0.340 e. The van der Waals surface area contributed by atoms with Crippen LogP contribution in [0.25, 0.3) is 22.4 Å². The highest BCUT2D eigenvalue weighted by molar-refractivity contribution is 6.30. The lowest BCUT2D eigenvalue weighted by Gasteiger charge is -2.12. The van der Waals surface area contributed by atoms with Crippen LogP contribution >= 0.6 is 11.6 Å². The fraction of sp³-hybridized carbons (Fsp3) is 0. The first kappa shape index (κ1) is 19.8. The van der Waals surface area contributed by atoms with Crippen molar-refractivity contribution >= 4 is 39.8 Å². The van der Waals surface area contributed by atoms with Crippen LogP contribution in [0.2, 0.25) is 5.02 Å². The number of hydrogen-bond donors (Lipinski definition) is 1. The molecule has 0 radical (unpaired) electrons. The molecule has 2 heterocycles. The first-order chi connectivity index (χ1) is 15.7. The third kappa shape index (κ3) is 3.94. The SMILES string of the molecule is O=C(c1ccccc1)c1cccnc1-c1nc(Nc2ccc(Cl)cc2)c2ccccc2n1. The quantitative estimate of drug-likeness (QED) is 0.326. The number of benzene rings is 3. The number of pyridine rings is 1. The van der Waals surface area contributed by atoms with Crippen molar-refractivity contribution in [3.63, 3.8) is 0 Å². The van der Waals surface area contributed by atoms with Gasteiger partial charge in [0.25, 0.3) is 0 Å². The average molecular weight is 437 g/mol. The number of anilines is 2. The van der Waals surface area contributed by atoms with E-state index in [2.05, 4.69) is 10.3 Å². The number of ketones is 1. The molecule has 0 atom stereocenters. The average Bonchev–Trinajstić information content (AvgIpc) is 2.85. The number of nitrogens with one attached hydrogen (secondary N) is 1. The van der Waals surface area contributed by atoms with E-state index in [0.717, 1.165) is 16.6 Å². The van der Waals surface area contributed by atoms with E-state index >= 15 is 0 Å². The van der Waals surface area contributed by atoms with Crippen LogP contribution in [0.5, 0.6) is 0 Å². The number of para-hydroxylation sites is 1. The summed E-state index contributed by atoms with van der Waals surface area (Å²) in [5, 5.41) is 4.86. The molecule has 0 saturated carbocycles. The van der Waals surface area contributed by atoms with Gasteiger partial charge in [0, 0.05) is 27.9 Å². The molecule has 0 unspecified atom stereocenters. The van der Waals surface area contributed by atoms with Crippen molar-refractivity contribution in [2.24, 2.45) is 0 Å². The normalized spacial score (nSPS) is 10.8. The highest BCUT2D eigenvalue weighted by Gasteiger charge is 2.19. The maximum atomic E-state index is 13.2. The number of nitrogens with zero attached hydrogens (tertiary/aromatic N) is 3. The van der Waals surface area contributed by atoms with Crippen molar-refractivity contribution < 1.29 is 4.79 Å². The van der Waals surface area contributed by atoms with Gasteiger partial charge in [0.2, 0.25) is 0 Å². The predicted octanol–water partition coefficient (Wildman–Crippen LogP) is 6.32. The molecule has 0 spiro atoms. The minimum Gasteiger partial charge on any atom is -0.340 e. The van der Waals surface area contributed by atoms with Crippen molar-refractivity contribution in [1.82, 2.24) is 15.0 Å². The van der Waals surface area contributed by atoms with Crippen molar-refractivity contribution in [2.45, 2.75) is 0 Å². The Morgan fingerprint density at radius 2 is 1.53 bits per heavy atom. The van der Waals surface area contributed by atoms with E-state index in [9.17, 15) is 4.79 Å². The fourth-order valence-electron chi connectivity index (χ4n) is 3.46. The molecule has 0 aliphatic carbocycles. The Labute approximate surface area is 189 Å². The summed E-state index contributed by atoms with van der Waals surface area (Å²) in [6.07, 6.45) is 1.64. The van der Waals surface area contributed by atoms with Crippen LogP contribution in [-0.4, -0.2) is 20.7 Å². The van der Waals surface area contributed by atoms with Crippen LogP contribution in [0.3, 0.4) is 0 Å². The van der Waals surface area contributed by atoms with Crippen LogP contribution in [0.15, 0.2) is 97.2 Å². The standard InChI is InChI=1S/C26H17ClN4O/c27-18-12-14-19(15-13-18)29-25-20-9-4-5-11-22(20)30-26(31-25)23-21(10-6-16-28-23)24(32)17-7-2-1-3-8-17/h1-16H,(H,29,30,31). The lowest BCUT2D eigenvalue weighted by molar-refractivity contribution is 0.103. The van der Waals surface area contributed by atoms with E-state index in [4.69, 9.17) is 21.6 Å². The Morgan fingerprint density at radius 1 is 0.781 bits per heavy atom. The van der Waals surface area contributed by atoms with Gasteiger partial charge in [-0.2, -0.15) is 0 Å². The molecule has 0 aliphatic rings. The first-order valence-corrected chi connectivity index (χ1v) is 10.4. The molecule has 6 heteroatoms. The maximum Gasteiger partial charge on any atom is 0.195 e. The number of carbonyl (C=O) groups is 1. The topological polar surface area (TPSA) is 67.8 Å². The van der Waals surface area contributed by atoms with Gasteiger partial charge in [-0.25, -0.2) is 9.97 Å². The number of carbonyl (C=O) groups excluding carboxylic acids is 1. The minimum absolute atomic E-state index is 0.127. The molecular formula is C26H17ClN4O. The smallest absolute Gasteiger partial charge is 0.195 e. The minimum atomic E-state index is -0.127. The van der Waals surface area contributed by atoms with E-state index in [1.54, 1.807) is 30.5 Å². The van der Waals surface area contributed by atoms with Crippen molar-refractivity contribution in [3.8, 4) is 11.5 Å². The lowest BCUT2D eigenvalue weighted by atomic mass is 10.0. The Bertz CT molecular complexity index is 1420. The molecule has 0 fully saturated rings. The summed E-state index contributed by atoms with van der Waals surface area (Å²) in [6.45, 7) is 0. The van der Waals surface area contributed by atoms with Crippen LogP contribution in [0.4, 0.5) is 11.5 Å². The molecule has 5 aromatic rings. The van der Waals surface area contributed by atoms with Gasteiger partial charge in [0.15, 0.2) is 11.6 Å². The summed E-state index contributed by atoms with van der Waals surface area (Å²) >= 11 is 6.02. The van der Waals surface area contributed by atoms with Gasteiger partial charge >= 0.3 is 0 Å². The molecular weight excluding hydrogens is 420 g/mol. The summed E-state index contributed by atoms with van der Waals surface area (Å²) in [7, 11) is 0. The zero-order valence-corrected chi connectivity index (χ0v) is 17.6. The molecule has 0 amide bonds. The summed E-state index contributed by atoms with van der Waals surface area (Å²) in [5.74, 6) is 0.870.